The van der Waals surface area contributed by atoms with Crippen LogP contribution in [0.2, 0.25) is 0 Å². The molecule has 2 aliphatic rings. The van der Waals surface area contributed by atoms with Gasteiger partial charge in [0, 0.05) is 18.0 Å². The number of nitrogens with one attached hydrogen (secondary N) is 2. The molecule has 2 rings (SSSR count). The van der Waals surface area contributed by atoms with E-state index in [2.05, 4.69) is 10.6 Å². The molecule has 1 atom stereocenters. The molecule has 5 nitrogen and oxygen atoms in total. The monoisotopic (exact) mass is 302 g/mol. The van der Waals surface area contributed by atoms with Gasteiger partial charge in [0.05, 0.1) is 11.5 Å². The van der Waals surface area contributed by atoms with Crippen molar-refractivity contribution in [3.8, 4) is 0 Å². The Morgan fingerprint density at radius 3 is 2.50 bits per heavy atom. The zero-order valence-corrected chi connectivity index (χ0v) is 13.1. The van der Waals surface area contributed by atoms with Gasteiger partial charge in [0.1, 0.15) is 0 Å². The molecular weight excluding hydrogens is 276 g/mol. The second kappa shape index (κ2) is 6.43. The predicted molar refractivity (Wildman–Crippen MR) is 79.3 cm³/mol. The predicted octanol–water partition coefficient (Wildman–Crippen LogP) is 0.992. The van der Waals surface area contributed by atoms with Crippen molar-refractivity contribution < 1.29 is 13.2 Å². The van der Waals surface area contributed by atoms with Gasteiger partial charge in [-0.1, -0.05) is 19.3 Å². The fourth-order valence-corrected chi connectivity index (χ4v) is 5.10. The maximum atomic E-state index is 12.2. The molecule has 0 radical (unpaired) electrons. The van der Waals surface area contributed by atoms with Crippen LogP contribution in [-0.2, 0) is 14.6 Å². The summed E-state index contributed by atoms with van der Waals surface area (Å²) in [6.45, 7) is 0. The Bertz CT molecular complexity index is 441. The Morgan fingerprint density at radius 1 is 1.20 bits per heavy atom. The summed E-state index contributed by atoms with van der Waals surface area (Å²) in [5, 5.41) is 6.25. The lowest BCUT2D eigenvalue weighted by Crippen LogP contribution is -2.51. The van der Waals surface area contributed by atoms with Crippen LogP contribution in [0.1, 0.15) is 51.4 Å². The van der Waals surface area contributed by atoms with Gasteiger partial charge in [0.25, 0.3) is 0 Å². The molecule has 0 spiro atoms. The summed E-state index contributed by atoms with van der Waals surface area (Å²) < 4.78 is 23.2. The van der Waals surface area contributed by atoms with Crippen LogP contribution in [0.25, 0.3) is 0 Å². The van der Waals surface area contributed by atoms with Gasteiger partial charge >= 0.3 is 0 Å². The van der Waals surface area contributed by atoms with Gasteiger partial charge in [0.15, 0.2) is 9.84 Å². The highest BCUT2D eigenvalue weighted by atomic mass is 32.2. The quantitative estimate of drug-likeness (QED) is 0.812. The minimum Gasteiger partial charge on any atom is -0.352 e. The first-order valence-corrected chi connectivity index (χ1v) is 9.46. The Morgan fingerprint density at radius 2 is 1.90 bits per heavy atom. The topological polar surface area (TPSA) is 75.3 Å². The molecule has 6 heteroatoms. The summed E-state index contributed by atoms with van der Waals surface area (Å²) in [6, 6.07) is -0.196. The zero-order chi connectivity index (χ0) is 14.6. The smallest absolute Gasteiger partial charge is 0.222 e. The van der Waals surface area contributed by atoms with E-state index < -0.39 is 9.84 Å². The fraction of sp³-hybridized carbons (Fsp3) is 0.929. The molecule has 1 aliphatic heterocycles. The van der Waals surface area contributed by atoms with Gasteiger partial charge < -0.3 is 10.6 Å². The maximum Gasteiger partial charge on any atom is 0.222 e. The largest absolute Gasteiger partial charge is 0.352 e. The second-order valence-electron chi connectivity index (χ2n) is 6.29. The third-order valence-electron chi connectivity index (χ3n) is 4.67. The Labute approximate surface area is 121 Å². The maximum absolute atomic E-state index is 12.2. The molecule has 1 unspecified atom stereocenters. The molecule has 0 bridgehead atoms. The minimum absolute atomic E-state index is 0.0108. The number of carbonyl (C=O) groups excluding carboxylic acids is 1. The minimum atomic E-state index is -2.96. The zero-order valence-electron chi connectivity index (χ0n) is 12.3. The van der Waals surface area contributed by atoms with Crippen LogP contribution < -0.4 is 10.6 Å². The number of hydrogen-bond acceptors (Lipinski definition) is 4. The van der Waals surface area contributed by atoms with Gasteiger partial charge in [-0.2, -0.15) is 0 Å². The van der Waals surface area contributed by atoms with Crippen molar-refractivity contribution in [2.24, 2.45) is 0 Å². The van der Waals surface area contributed by atoms with E-state index in [9.17, 15) is 13.2 Å². The van der Waals surface area contributed by atoms with E-state index in [4.69, 9.17) is 0 Å². The molecule has 1 saturated heterocycles. The lowest BCUT2D eigenvalue weighted by molar-refractivity contribution is -0.123. The van der Waals surface area contributed by atoms with E-state index in [0.717, 1.165) is 32.1 Å². The molecule has 2 fully saturated rings. The summed E-state index contributed by atoms with van der Waals surface area (Å²) in [4.78, 5) is 12.2. The SMILES string of the molecule is CNC1(CC(=O)NC2CCCS(=O)(=O)C2)CCCCC1. The van der Waals surface area contributed by atoms with Gasteiger partial charge in [0.2, 0.25) is 5.91 Å². The summed E-state index contributed by atoms with van der Waals surface area (Å²) in [5.41, 5.74) is -0.0874. The molecule has 0 aromatic carbocycles. The van der Waals surface area contributed by atoms with Crippen molar-refractivity contribution in [3.63, 3.8) is 0 Å². The van der Waals surface area contributed by atoms with E-state index in [0.29, 0.717) is 12.8 Å². The molecule has 0 aromatic heterocycles. The van der Waals surface area contributed by atoms with Crippen LogP contribution >= 0.6 is 0 Å². The lowest BCUT2D eigenvalue weighted by atomic mass is 9.79. The number of hydrogen-bond donors (Lipinski definition) is 2. The van der Waals surface area contributed by atoms with Crippen molar-refractivity contribution in [2.75, 3.05) is 18.6 Å². The third-order valence-corrected chi connectivity index (χ3v) is 6.49. The van der Waals surface area contributed by atoms with Gasteiger partial charge in [-0.3, -0.25) is 4.79 Å². The number of rotatable bonds is 4. The van der Waals surface area contributed by atoms with Crippen molar-refractivity contribution in [1.29, 1.82) is 0 Å². The van der Waals surface area contributed by atoms with Crippen LogP contribution in [0.3, 0.4) is 0 Å². The Hall–Kier alpha value is -0.620. The van der Waals surface area contributed by atoms with E-state index in [1.54, 1.807) is 0 Å². The summed E-state index contributed by atoms with van der Waals surface area (Å²) in [5.74, 6) is 0.355. The van der Waals surface area contributed by atoms with Crippen molar-refractivity contribution >= 4 is 15.7 Å². The standard InChI is InChI=1S/C14H26N2O3S/c1-15-14(7-3-2-4-8-14)10-13(17)16-12-6-5-9-20(18,19)11-12/h12,15H,2-11H2,1H3,(H,16,17). The molecule has 1 heterocycles. The normalized spacial score (nSPS) is 28.8. The number of carbonyl (C=O) groups is 1. The second-order valence-corrected chi connectivity index (χ2v) is 8.52. The van der Waals surface area contributed by atoms with E-state index in [-0.39, 0.29) is 29.0 Å². The van der Waals surface area contributed by atoms with Crippen LogP contribution in [-0.4, -0.2) is 44.5 Å². The van der Waals surface area contributed by atoms with Crippen molar-refractivity contribution in [2.45, 2.75) is 62.9 Å². The highest BCUT2D eigenvalue weighted by molar-refractivity contribution is 7.91. The molecule has 1 amide bonds. The molecule has 0 aromatic rings. The van der Waals surface area contributed by atoms with Crippen LogP contribution in [0.5, 0.6) is 0 Å². The van der Waals surface area contributed by atoms with Gasteiger partial charge in [-0.15, -0.1) is 0 Å². The van der Waals surface area contributed by atoms with E-state index >= 15 is 0 Å². The third kappa shape index (κ3) is 4.19. The highest BCUT2D eigenvalue weighted by Gasteiger charge is 2.34. The first-order chi connectivity index (χ1) is 9.45. The average molecular weight is 302 g/mol. The summed E-state index contributed by atoms with van der Waals surface area (Å²) in [6.07, 6.45) is 7.51. The number of amides is 1. The molecule has 20 heavy (non-hydrogen) atoms. The summed E-state index contributed by atoms with van der Waals surface area (Å²) >= 11 is 0. The Balaban J connectivity index is 1.88. The first-order valence-electron chi connectivity index (χ1n) is 7.63. The van der Waals surface area contributed by atoms with Crippen molar-refractivity contribution in [1.82, 2.24) is 10.6 Å². The van der Waals surface area contributed by atoms with E-state index in [1.165, 1.54) is 6.42 Å². The lowest BCUT2D eigenvalue weighted by Gasteiger charge is -2.37. The molecular formula is C14H26N2O3S. The highest BCUT2D eigenvalue weighted by Crippen LogP contribution is 2.30. The average Bonchev–Trinajstić information content (AvgIpc) is 2.38. The molecule has 1 saturated carbocycles. The Kier molecular flexibility index (Phi) is 5.07. The van der Waals surface area contributed by atoms with Gasteiger partial charge in [-0.05, 0) is 32.7 Å². The van der Waals surface area contributed by atoms with Crippen LogP contribution in [0, 0.1) is 0 Å². The van der Waals surface area contributed by atoms with E-state index in [1.807, 2.05) is 7.05 Å². The molecule has 2 N–H and O–H groups in total. The fourth-order valence-electron chi connectivity index (χ4n) is 3.47. The summed E-state index contributed by atoms with van der Waals surface area (Å²) in [7, 11) is -1.04. The van der Waals surface area contributed by atoms with Crippen molar-refractivity contribution in [3.05, 3.63) is 0 Å². The molecule has 1 aliphatic carbocycles. The number of sulfone groups is 1. The van der Waals surface area contributed by atoms with Gasteiger partial charge in [-0.25, -0.2) is 8.42 Å². The molecule has 116 valence electrons. The van der Waals surface area contributed by atoms with Crippen LogP contribution in [0.15, 0.2) is 0 Å². The van der Waals surface area contributed by atoms with Crippen LogP contribution in [0.4, 0.5) is 0 Å². The first kappa shape index (κ1) is 15.8.